The number of hydrogen-bond donors (Lipinski definition) is 0. The normalized spacial score (nSPS) is 15.4. The summed E-state index contributed by atoms with van der Waals surface area (Å²) in [6.45, 7) is 9.07. The third-order valence-corrected chi connectivity index (χ3v) is 6.59. The minimum Gasteiger partial charge on any atom is -0.371 e. The zero-order valence-electron chi connectivity index (χ0n) is 17.1. The summed E-state index contributed by atoms with van der Waals surface area (Å²) in [6, 6.07) is 8.52. The van der Waals surface area contributed by atoms with Crippen LogP contribution in [0.25, 0.3) is 0 Å². The summed E-state index contributed by atoms with van der Waals surface area (Å²) in [4.78, 5) is 2.10. The predicted molar refractivity (Wildman–Crippen MR) is 116 cm³/mol. The van der Waals surface area contributed by atoms with Crippen molar-refractivity contribution >= 4 is 28.9 Å². The highest BCUT2D eigenvalue weighted by Gasteiger charge is 2.38. The molecule has 0 amide bonds. The van der Waals surface area contributed by atoms with Crippen LogP contribution >= 0.6 is 23.2 Å². The van der Waals surface area contributed by atoms with Crippen molar-refractivity contribution in [2.45, 2.75) is 58.0 Å². The minimum atomic E-state index is -4.42. The van der Waals surface area contributed by atoms with Crippen molar-refractivity contribution in [1.29, 1.82) is 0 Å². The maximum absolute atomic E-state index is 14.1. The van der Waals surface area contributed by atoms with Crippen LogP contribution in [0.5, 0.6) is 0 Å². The molecule has 1 saturated heterocycles. The predicted octanol–water partition coefficient (Wildman–Crippen LogP) is 8.06. The van der Waals surface area contributed by atoms with Gasteiger partial charge >= 0.3 is 6.18 Å². The summed E-state index contributed by atoms with van der Waals surface area (Å²) >= 11 is 12.2. The van der Waals surface area contributed by atoms with E-state index in [-0.39, 0.29) is 5.92 Å². The van der Waals surface area contributed by atoms with Gasteiger partial charge in [0.15, 0.2) is 0 Å². The average Bonchev–Trinajstić information content (AvgIpc) is 3.16. The number of alkyl halides is 3. The first-order valence-corrected chi connectivity index (χ1v) is 10.6. The summed E-state index contributed by atoms with van der Waals surface area (Å²) < 4.78 is 42.3. The number of rotatable bonds is 4. The van der Waals surface area contributed by atoms with Gasteiger partial charge in [0.05, 0.1) is 15.6 Å². The van der Waals surface area contributed by atoms with Crippen LogP contribution in [0.3, 0.4) is 0 Å². The molecule has 0 bridgehead atoms. The van der Waals surface area contributed by atoms with Crippen molar-refractivity contribution in [3.63, 3.8) is 0 Å². The molecule has 1 aliphatic heterocycles. The molecule has 1 aliphatic rings. The third kappa shape index (κ3) is 4.39. The fraction of sp³-hybridized carbons (Fsp3) is 0.478. The molecule has 2 aromatic rings. The molecule has 29 heavy (non-hydrogen) atoms. The highest BCUT2D eigenvalue weighted by atomic mass is 35.5. The molecular formula is C23H26Cl2F3N. The van der Waals surface area contributed by atoms with E-state index in [1.165, 1.54) is 6.07 Å². The number of hydrogen-bond acceptors (Lipinski definition) is 1. The van der Waals surface area contributed by atoms with E-state index in [0.717, 1.165) is 31.5 Å². The van der Waals surface area contributed by atoms with Crippen LogP contribution in [0.4, 0.5) is 18.9 Å². The van der Waals surface area contributed by atoms with E-state index in [2.05, 4.69) is 4.90 Å². The first-order chi connectivity index (χ1) is 13.4. The molecule has 0 unspecified atom stereocenters. The lowest BCUT2D eigenvalue weighted by atomic mass is 9.76. The van der Waals surface area contributed by atoms with Gasteiger partial charge in [-0.15, -0.1) is 0 Å². The van der Waals surface area contributed by atoms with E-state index in [1.807, 2.05) is 39.8 Å². The maximum atomic E-state index is 14.1. The van der Waals surface area contributed by atoms with Gasteiger partial charge in [0.25, 0.3) is 0 Å². The van der Waals surface area contributed by atoms with Gasteiger partial charge in [0.2, 0.25) is 0 Å². The first-order valence-electron chi connectivity index (χ1n) is 9.89. The first kappa shape index (κ1) is 22.3. The summed E-state index contributed by atoms with van der Waals surface area (Å²) in [5, 5.41) is 0.821. The zero-order chi connectivity index (χ0) is 21.6. The van der Waals surface area contributed by atoms with Crippen molar-refractivity contribution in [1.82, 2.24) is 0 Å². The lowest BCUT2D eigenvalue weighted by Gasteiger charge is -2.32. The van der Waals surface area contributed by atoms with Crippen LogP contribution < -0.4 is 4.90 Å². The van der Waals surface area contributed by atoms with Gasteiger partial charge in [-0.05, 0) is 59.7 Å². The maximum Gasteiger partial charge on any atom is 0.416 e. The molecule has 0 aliphatic carbocycles. The van der Waals surface area contributed by atoms with Crippen molar-refractivity contribution in [2.24, 2.45) is 0 Å². The Hall–Kier alpha value is -1.39. The molecule has 2 aromatic carbocycles. The van der Waals surface area contributed by atoms with Gasteiger partial charge < -0.3 is 4.90 Å². The average molecular weight is 444 g/mol. The zero-order valence-corrected chi connectivity index (χ0v) is 18.6. The minimum absolute atomic E-state index is 0.232. The van der Waals surface area contributed by atoms with Crippen LogP contribution in [0.15, 0.2) is 30.3 Å². The quantitative estimate of drug-likeness (QED) is 0.461. The fourth-order valence-electron chi connectivity index (χ4n) is 4.11. The fourth-order valence-corrected chi connectivity index (χ4v) is 4.41. The summed E-state index contributed by atoms with van der Waals surface area (Å²) in [5.74, 6) is -0.232. The molecule has 0 atom stereocenters. The molecule has 1 heterocycles. The topological polar surface area (TPSA) is 3.24 Å². The SMILES string of the molecule is CC(C)c1c(N2CCCC2)cc(C(C)(C)c2ccc(Cl)c(Cl)c2)cc1C(F)(F)F. The van der Waals surface area contributed by atoms with Gasteiger partial charge in [-0.1, -0.05) is 57.0 Å². The van der Waals surface area contributed by atoms with Gasteiger partial charge in [0, 0.05) is 24.2 Å². The molecule has 1 fully saturated rings. The largest absolute Gasteiger partial charge is 0.416 e. The van der Waals surface area contributed by atoms with Gasteiger partial charge in [-0.25, -0.2) is 0 Å². The van der Waals surface area contributed by atoms with Crippen LogP contribution in [-0.4, -0.2) is 13.1 Å². The summed E-state index contributed by atoms with van der Waals surface area (Å²) in [7, 11) is 0. The van der Waals surface area contributed by atoms with Gasteiger partial charge in [0.1, 0.15) is 0 Å². The van der Waals surface area contributed by atoms with Crippen LogP contribution in [0, 0.1) is 0 Å². The van der Waals surface area contributed by atoms with E-state index in [4.69, 9.17) is 23.2 Å². The van der Waals surface area contributed by atoms with Crippen LogP contribution in [-0.2, 0) is 11.6 Å². The Morgan fingerprint density at radius 2 is 1.52 bits per heavy atom. The van der Waals surface area contributed by atoms with E-state index in [9.17, 15) is 13.2 Å². The lowest BCUT2D eigenvalue weighted by Crippen LogP contribution is -2.26. The highest BCUT2D eigenvalue weighted by Crippen LogP contribution is 2.45. The van der Waals surface area contributed by atoms with Crippen molar-refractivity contribution in [3.05, 3.63) is 62.6 Å². The molecule has 0 spiro atoms. The lowest BCUT2D eigenvalue weighted by molar-refractivity contribution is -0.138. The van der Waals surface area contributed by atoms with E-state index in [1.54, 1.807) is 12.1 Å². The Labute approximate surface area is 180 Å². The Balaban J connectivity index is 2.25. The molecule has 3 rings (SSSR count). The second kappa shape index (κ2) is 8.03. The highest BCUT2D eigenvalue weighted by molar-refractivity contribution is 6.42. The molecule has 158 valence electrons. The Kier molecular flexibility index (Phi) is 6.18. The van der Waals surface area contributed by atoms with Crippen LogP contribution in [0.1, 0.15) is 68.7 Å². The van der Waals surface area contributed by atoms with E-state index < -0.39 is 17.2 Å². The Bertz CT molecular complexity index is 898. The second-order valence-corrected chi connectivity index (χ2v) is 9.37. The standard InChI is InChI=1S/C23H26Cl2F3N/c1-14(2)21-17(23(26,27)28)11-16(13-20(21)29-9-5-6-10-29)22(3,4)15-7-8-18(24)19(25)12-15/h7-8,11-14H,5-6,9-10H2,1-4H3. The molecule has 0 N–H and O–H groups in total. The molecular weight excluding hydrogens is 418 g/mol. The smallest absolute Gasteiger partial charge is 0.371 e. The number of halogens is 5. The molecule has 0 saturated carbocycles. The monoisotopic (exact) mass is 443 g/mol. The molecule has 0 aromatic heterocycles. The number of nitrogens with zero attached hydrogens (tertiary/aromatic N) is 1. The summed E-state index contributed by atoms with van der Waals surface area (Å²) in [5.41, 5.74) is 1.32. The Morgan fingerprint density at radius 3 is 2.03 bits per heavy atom. The number of anilines is 1. The summed E-state index contributed by atoms with van der Waals surface area (Å²) in [6.07, 6.45) is -2.42. The molecule has 1 nitrogen and oxygen atoms in total. The second-order valence-electron chi connectivity index (χ2n) is 8.56. The van der Waals surface area contributed by atoms with Crippen molar-refractivity contribution < 1.29 is 13.2 Å². The third-order valence-electron chi connectivity index (χ3n) is 5.85. The van der Waals surface area contributed by atoms with E-state index >= 15 is 0 Å². The Morgan fingerprint density at radius 1 is 0.897 bits per heavy atom. The van der Waals surface area contributed by atoms with Gasteiger partial charge in [-0.2, -0.15) is 13.2 Å². The van der Waals surface area contributed by atoms with Crippen molar-refractivity contribution in [3.8, 4) is 0 Å². The van der Waals surface area contributed by atoms with Crippen molar-refractivity contribution in [2.75, 3.05) is 18.0 Å². The molecule has 6 heteroatoms. The molecule has 0 radical (unpaired) electrons. The van der Waals surface area contributed by atoms with Gasteiger partial charge in [-0.3, -0.25) is 0 Å². The van der Waals surface area contributed by atoms with E-state index in [0.29, 0.717) is 26.9 Å². The van der Waals surface area contributed by atoms with Crippen LogP contribution in [0.2, 0.25) is 10.0 Å². The number of benzene rings is 2.